The number of ether oxygens (including phenoxy) is 1. The molecule has 0 amide bonds. The van der Waals surface area contributed by atoms with Gasteiger partial charge in [0.1, 0.15) is 9.96 Å². The Morgan fingerprint density at radius 2 is 2.00 bits per heavy atom. The van der Waals surface area contributed by atoms with Crippen LogP contribution in [-0.2, 0) is 16.4 Å². The average molecular weight is 440 g/mol. The second-order valence-corrected chi connectivity index (χ2v) is 9.70. The number of aliphatic hydroxyl groups is 1. The number of hydrogen-bond acceptors (Lipinski definition) is 6. The maximum absolute atomic E-state index is 12.3. The molecule has 1 heterocycles. The Bertz CT molecular complexity index is 866. The van der Waals surface area contributed by atoms with Gasteiger partial charge in [-0.2, -0.15) is 0 Å². The third-order valence-corrected chi connectivity index (χ3v) is 7.30. The lowest BCUT2D eigenvalue weighted by Gasteiger charge is -2.22. The summed E-state index contributed by atoms with van der Waals surface area (Å²) in [4.78, 5) is 6.35. The van der Waals surface area contributed by atoms with E-state index in [-0.39, 0.29) is 16.5 Å². The molecule has 7 nitrogen and oxygen atoms in total. The molecule has 0 aliphatic carbocycles. The van der Waals surface area contributed by atoms with Crippen molar-refractivity contribution in [3.05, 3.63) is 47.3 Å². The van der Waals surface area contributed by atoms with Crippen LogP contribution < -0.4 is 10.1 Å². The molecule has 0 aliphatic heterocycles. The summed E-state index contributed by atoms with van der Waals surface area (Å²) in [7, 11) is -1.61. The highest BCUT2D eigenvalue weighted by Crippen LogP contribution is 2.18. The smallest absolute Gasteiger partial charge is 0.194 e. The Hall–Kier alpha value is -2.10. The predicted octanol–water partition coefficient (Wildman–Crippen LogP) is 2.38. The van der Waals surface area contributed by atoms with Gasteiger partial charge in [0.2, 0.25) is 0 Å². The van der Waals surface area contributed by atoms with Crippen molar-refractivity contribution in [3.63, 3.8) is 0 Å². The Labute approximate surface area is 177 Å². The third-order valence-electron chi connectivity index (χ3n) is 4.02. The first-order valence-corrected chi connectivity index (χ1v) is 12.0. The zero-order valence-electron chi connectivity index (χ0n) is 17.0. The van der Waals surface area contributed by atoms with Crippen LogP contribution in [0.1, 0.15) is 19.4 Å². The number of hydrogen-bond donors (Lipinski definition) is 2. The molecule has 0 saturated carbocycles. The molecule has 1 aromatic heterocycles. The first-order valence-electron chi connectivity index (χ1n) is 9.51. The van der Waals surface area contributed by atoms with Gasteiger partial charge in [-0.05, 0) is 43.0 Å². The number of aliphatic hydroxyl groups excluding tert-OH is 1. The van der Waals surface area contributed by atoms with Gasteiger partial charge in [0.15, 0.2) is 15.8 Å². The SMILES string of the molecule is CCNC(=NCC(O)CS(=O)(=O)c1cccs1)N(C)Cc1ccc(OCC)cc1. The Kier molecular flexibility index (Phi) is 8.94. The largest absolute Gasteiger partial charge is 0.494 e. The van der Waals surface area contributed by atoms with Crippen LogP contribution in [-0.4, -0.2) is 63.0 Å². The van der Waals surface area contributed by atoms with E-state index >= 15 is 0 Å². The molecule has 1 atom stereocenters. The summed E-state index contributed by atoms with van der Waals surface area (Å²) in [6, 6.07) is 11.1. The molecule has 0 spiro atoms. The van der Waals surface area contributed by atoms with Gasteiger partial charge in [0, 0.05) is 20.1 Å². The van der Waals surface area contributed by atoms with Crippen molar-refractivity contribution in [2.45, 2.75) is 30.7 Å². The first-order chi connectivity index (χ1) is 13.9. The van der Waals surface area contributed by atoms with Crippen molar-refractivity contribution in [1.82, 2.24) is 10.2 Å². The molecule has 29 heavy (non-hydrogen) atoms. The van der Waals surface area contributed by atoms with Gasteiger partial charge < -0.3 is 20.1 Å². The van der Waals surface area contributed by atoms with E-state index in [9.17, 15) is 13.5 Å². The van der Waals surface area contributed by atoms with Crippen LogP contribution in [0.25, 0.3) is 0 Å². The first kappa shape index (κ1) is 23.2. The quantitative estimate of drug-likeness (QED) is 0.436. The molecule has 0 fully saturated rings. The fraction of sp³-hybridized carbons (Fsp3) is 0.450. The van der Waals surface area contributed by atoms with E-state index in [0.29, 0.717) is 25.7 Å². The summed E-state index contributed by atoms with van der Waals surface area (Å²) in [5, 5.41) is 15.1. The van der Waals surface area contributed by atoms with Gasteiger partial charge >= 0.3 is 0 Å². The fourth-order valence-electron chi connectivity index (χ4n) is 2.70. The summed E-state index contributed by atoms with van der Waals surface area (Å²) in [5.41, 5.74) is 1.09. The molecular formula is C20H29N3O4S2. The van der Waals surface area contributed by atoms with Crippen LogP contribution in [0.2, 0.25) is 0 Å². The maximum Gasteiger partial charge on any atom is 0.194 e. The normalized spacial score (nSPS) is 13.2. The number of nitrogens with one attached hydrogen (secondary N) is 1. The highest BCUT2D eigenvalue weighted by Gasteiger charge is 2.21. The predicted molar refractivity (Wildman–Crippen MR) is 117 cm³/mol. The van der Waals surface area contributed by atoms with Gasteiger partial charge in [0.25, 0.3) is 0 Å². The molecule has 2 aromatic rings. The molecule has 160 valence electrons. The molecule has 2 rings (SSSR count). The third kappa shape index (κ3) is 7.34. The minimum absolute atomic E-state index is 0.000552. The highest BCUT2D eigenvalue weighted by molar-refractivity contribution is 7.93. The molecule has 1 unspecified atom stereocenters. The summed E-state index contributed by atoms with van der Waals surface area (Å²) >= 11 is 1.15. The second-order valence-electron chi connectivity index (χ2n) is 6.49. The number of thiophene rings is 1. The molecule has 2 N–H and O–H groups in total. The zero-order chi connectivity index (χ0) is 21.3. The number of guanidine groups is 1. The number of nitrogens with zero attached hydrogens (tertiary/aromatic N) is 2. The van der Waals surface area contributed by atoms with Gasteiger partial charge in [-0.25, -0.2) is 8.42 Å². The van der Waals surface area contributed by atoms with E-state index in [0.717, 1.165) is 22.6 Å². The Morgan fingerprint density at radius 1 is 1.28 bits per heavy atom. The lowest BCUT2D eigenvalue weighted by molar-refractivity contribution is 0.205. The molecular weight excluding hydrogens is 410 g/mol. The minimum Gasteiger partial charge on any atom is -0.494 e. The van der Waals surface area contributed by atoms with Crippen LogP contribution in [0.15, 0.2) is 51.0 Å². The van der Waals surface area contributed by atoms with Crippen molar-refractivity contribution in [2.24, 2.45) is 4.99 Å². The number of sulfone groups is 1. The van der Waals surface area contributed by atoms with Crippen LogP contribution >= 0.6 is 11.3 Å². The molecule has 0 saturated heterocycles. The zero-order valence-corrected chi connectivity index (χ0v) is 18.7. The monoisotopic (exact) mass is 439 g/mol. The van der Waals surface area contributed by atoms with E-state index in [4.69, 9.17) is 4.74 Å². The summed E-state index contributed by atoms with van der Waals surface area (Å²) in [6.07, 6.45) is -1.07. The van der Waals surface area contributed by atoms with Crippen molar-refractivity contribution in [1.29, 1.82) is 0 Å². The number of rotatable bonds is 10. The lowest BCUT2D eigenvalue weighted by Crippen LogP contribution is -2.39. The van der Waals surface area contributed by atoms with E-state index in [1.54, 1.807) is 17.5 Å². The van der Waals surface area contributed by atoms with Gasteiger partial charge in [-0.3, -0.25) is 4.99 Å². The van der Waals surface area contributed by atoms with Crippen molar-refractivity contribution in [3.8, 4) is 5.75 Å². The maximum atomic E-state index is 12.3. The highest BCUT2D eigenvalue weighted by atomic mass is 32.2. The van der Waals surface area contributed by atoms with Crippen LogP contribution in [0.3, 0.4) is 0 Å². The summed E-state index contributed by atoms with van der Waals surface area (Å²) < 4.78 is 30.3. The lowest BCUT2D eigenvalue weighted by atomic mass is 10.2. The van der Waals surface area contributed by atoms with Crippen LogP contribution in [0, 0.1) is 0 Å². The number of benzene rings is 1. The van der Waals surface area contributed by atoms with Crippen molar-refractivity contribution in [2.75, 3.05) is 32.5 Å². The van der Waals surface area contributed by atoms with E-state index in [1.165, 1.54) is 0 Å². The number of aliphatic imine (C=N–C) groups is 1. The summed E-state index contributed by atoms with van der Waals surface area (Å²) in [6.45, 7) is 5.80. The van der Waals surface area contributed by atoms with E-state index in [2.05, 4.69) is 10.3 Å². The van der Waals surface area contributed by atoms with Crippen LogP contribution in [0.4, 0.5) is 0 Å². The van der Waals surface area contributed by atoms with Gasteiger partial charge in [-0.1, -0.05) is 18.2 Å². The molecule has 0 radical (unpaired) electrons. The van der Waals surface area contributed by atoms with Gasteiger partial charge in [-0.15, -0.1) is 11.3 Å². The topological polar surface area (TPSA) is 91.2 Å². The average Bonchev–Trinajstić information content (AvgIpc) is 3.22. The molecule has 0 aliphatic rings. The second kappa shape index (κ2) is 11.2. The molecule has 0 bridgehead atoms. The standard InChI is InChI=1S/C20H29N3O4S2/c1-4-21-20(23(3)14-16-8-10-18(11-9-16)27-5-2)22-13-17(24)15-29(25,26)19-7-6-12-28-19/h6-12,17,24H,4-5,13-15H2,1-3H3,(H,21,22). The summed E-state index contributed by atoms with van der Waals surface area (Å²) in [5.74, 6) is 1.09. The molecule has 1 aromatic carbocycles. The van der Waals surface area contributed by atoms with E-state index < -0.39 is 15.9 Å². The van der Waals surface area contributed by atoms with Crippen molar-refractivity contribution < 1.29 is 18.3 Å². The van der Waals surface area contributed by atoms with Gasteiger partial charge in [0.05, 0.1) is 25.0 Å². The van der Waals surface area contributed by atoms with Crippen molar-refractivity contribution >= 4 is 27.1 Å². The Balaban J connectivity index is 1.98. The van der Waals surface area contributed by atoms with E-state index in [1.807, 2.05) is 50.1 Å². The Morgan fingerprint density at radius 3 is 2.59 bits per heavy atom. The molecule has 9 heteroatoms. The minimum atomic E-state index is -3.50. The van der Waals surface area contributed by atoms with Crippen LogP contribution in [0.5, 0.6) is 5.75 Å². The fourth-order valence-corrected chi connectivity index (χ4v) is 5.16.